The third-order valence-electron chi connectivity index (χ3n) is 1.46. The number of carboxylic acid groups (broad SMARTS) is 1. The highest BCUT2D eigenvalue weighted by molar-refractivity contribution is 7.14. The van der Waals surface area contributed by atoms with Crippen LogP contribution < -0.4 is 0 Å². The number of nitrogens with zero attached hydrogens (tertiary/aromatic N) is 2. The van der Waals surface area contributed by atoms with Crippen molar-refractivity contribution in [2.24, 2.45) is 0 Å². The molecular formula is C7H4N2O2S2. The highest BCUT2D eigenvalue weighted by Gasteiger charge is 2.15. The number of hydrogen-bond acceptors (Lipinski definition) is 5. The Hall–Kier alpha value is -1.27. The highest BCUT2D eigenvalue weighted by atomic mass is 32.1. The van der Waals surface area contributed by atoms with Gasteiger partial charge in [0.2, 0.25) is 0 Å². The maximum Gasteiger partial charge on any atom is 0.356 e. The fourth-order valence-electron chi connectivity index (χ4n) is 0.920. The van der Waals surface area contributed by atoms with E-state index in [1.807, 2.05) is 0 Å². The van der Waals surface area contributed by atoms with Crippen molar-refractivity contribution in [3.63, 3.8) is 0 Å². The molecule has 0 bridgehead atoms. The third-order valence-corrected chi connectivity index (χ3v) is 2.93. The summed E-state index contributed by atoms with van der Waals surface area (Å²) in [5.74, 6) is -0.998. The standard InChI is InChI=1S/C7H4N2O2S2/c10-7(11)5-6(12-3-8-5)4-1-9-13-2-4/h1-3H,(H,10,11). The molecule has 66 valence electrons. The van der Waals surface area contributed by atoms with Crippen LogP contribution in [0.4, 0.5) is 0 Å². The zero-order chi connectivity index (χ0) is 9.26. The normalized spacial score (nSPS) is 10.2. The Morgan fingerprint density at radius 3 is 3.00 bits per heavy atom. The van der Waals surface area contributed by atoms with Gasteiger partial charge in [0.15, 0.2) is 5.69 Å². The van der Waals surface area contributed by atoms with Gasteiger partial charge in [-0.05, 0) is 11.5 Å². The number of carbonyl (C=O) groups is 1. The Morgan fingerprint density at radius 1 is 1.54 bits per heavy atom. The summed E-state index contributed by atoms with van der Waals surface area (Å²) in [6.07, 6.45) is 1.64. The maximum atomic E-state index is 10.7. The van der Waals surface area contributed by atoms with Gasteiger partial charge in [0, 0.05) is 17.1 Å². The highest BCUT2D eigenvalue weighted by Crippen LogP contribution is 2.27. The van der Waals surface area contributed by atoms with Crippen LogP contribution in [0.1, 0.15) is 10.5 Å². The molecule has 0 aliphatic carbocycles. The van der Waals surface area contributed by atoms with Crippen LogP contribution >= 0.6 is 22.9 Å². The summed E-state index contributed by atoms with van der Waals surface area (Å²) in [5.41, 5.74) is 2.45. The number of carboxylic acids is 1. The summed E-state index contributed by atoms with van der Waals surface area (Å²) < 4.78 is 3.91. The van der Waals surface area contributed by atoms with E-state index in [-0.39, 0.29) is 5.69 Å². The lowest BCUT2D eigenvalue weighted by Crippen LogP contribution is -1.97. The lowest BCUT2D eigenvalue weighted by atomic mass is 10.2. The summed E-state index contributed by atoms with van der Waals surface area (Å²) in [7, 11) is 0. The molecule has 0 aliphatic rings. The lowest BCUT2D eigenvalue weighted by molar-refractivity contribution is 0.0692. The first-order valence-electron chi connectivity index (χ1n) is 3.35. The molecule has 0 radical (unpaired) electrons. The molecule has 0 amide bonds. The predicted octanol–water partition coefficient (Wildman–Crippen LogP) is 1.96. The molecule has 1 N–H and O–H groups in total. The van der Waals surface area contributed by atoms with Crippen molar-refractivity contribution in [2.75, 3.05) is 0 Å². The molecule has 13 heavy (non-hydrogen) atoms. The second-order valence-electron chi connectivity index (χ2n) is 2.25. The molecule has 2 rings (SSSR count). The first-order valence-corrected chi connectivity index (χ1v) is 5.07. The maximum absolute atomic E-state index is 10.7. The van der Waals surface area contributed by atoms with Crippen LogP contribution in [0.2, 0.25) is 0 Å². The molecule has 2 aromatic rings. The van der Waals surface area contributed by atoms with E-state index < -0.39 is 5.97 Å². The average Bonchev–Trinajstić information content (AvgIpc) is 2.74. The predicted molar refractivity (Wildman–Crippen MR) is 50.2 cm³/mol. The van der Waals surface area contributed by atoms with Crippen molar-refractivity contribution in [3.05, 3.63) is 22.8 Å². The van der Waals surface area contributed by atoms with Gasteiger partial charge in [0.25, 0.3) is 0 Å². The first-order chi connectivity index (χ1) is 6.29. The van der Waals surface area contributed by atoms with Gasteiger partial charge in [-0.3, -0.25) is 0 Å². The molecular weight excluding hydrogens is 208 g/mol. The molecule has 0 aliphatic heterocycles. The fourth-order valence-corrected chi connectivity index (χ4v) is 2.29. The number of hydrogen-bond donors (Lipinski definition) is 1. The van der Waals surface area contributed by atoms with E-state index in [1.54, 1.807) is 11.6 Å². The van der Waals surface area contributed by atoms with Crippen LogP contribution in [0, 0.1) is 0 Å². The van der Waals surface area contributed by atoms with Crippen LogP contribution in [-0.2, 0) is 0 Å². The summed E-state index contributed by atoms with van der Waals surface area (Å²) in [5, 5.41) is 10.6. The number of aromatic carboxylic acids is 1. The number of rotatable bonds is 2. The molecule has 0 saturated heterocycles. The largest absolute Gasteiger partial charge is 0.476 e. The Bertz CT molecular complexity index is 421. The topological polar surface area (TPSA) is 63.1 Å². The second-order valence-corrected chi connectivity index (χ2v) is 3.76. The molecule has 2 aromatic heterocycles. The van der Waals surface area contributed by atoms with Crippen molar-refractivity contribution in [3.8, 4) is 10.4 Å². The minimum atomic E-state index is -0.998. The Morgan fingerprint density at radius 2 is 2.38 bits per heavy atom. The van der Waals surface area contributed by atoms with Crippen molar-refractivity contribution < 1.29 is 9.90 Å². The molecule has 0 spiro atoms. The van der Waals surface area contributed by atoms with Crippen molar-refractivity contribution >= 4 is 28.8 Å². The lowest BCUT2D eigenvalue weighted by Gasteiger charge is -1.91. The minimum Gasteiger partial charge on any atom is -0.476 e. The SMILES string of the molecule is O=C(O)c1ncsc1-c1cnsc1. The van der Waals surface area contributed by atoms with Gasteiger partial charge in [-0.2, -0.15) is 0 Å². The Kier molecular flexibility index (Phi) is 2.07. The van der Waals surface area contributed by atoms with Gasteiger partial charge in [-0.1, -0.05) is 0 Å². The van der Waals surface area contributed by atoms with Crippen LogP contribution in [0.15, 0.2) is 17.1 Å². The summed E-state index contributed by atoms with van der Waals surface area (Å²) in [6, 6.07) is 0. The average molecular weight is 212 g/mol. The first kappa shape index (κ1) is 8.33. The quantitative estimate of drug-likeness (QED) is 0.826. The van der Waals surface area contributed by atoms with Gasteiger partial charge in [0.1, 0.15) is 0 Å². The van der Waals surface area contributed by atoms with E-state index in [0.717, 1.165) is 5.56 Å². The molecule has 0 unspecified atom stereocenters. The molecule has 0 aromatic carbocycles. The molecule has 0 fully saturated rings. The van der Waals surface area contributed by atoms with Gasteiger partial charge in [-0.15, -0.1) is 11.3 Å². The van der Waals surface area contributed by atoms with E-state index in [4.69, 9.17) is 5.11 Å². The number of aromatic nitrogens is 2. The summed E-state index contributed by atoms with van der Waals surface area (Å²) >= 11 is 2.60. The van der Waals surface area contributed by atoms with E-state index in [9.17, 15) is 4.79 Å². The molecule has 6 heteroatoms. The third kappa shape index (κ3) is 1.45. The molecule has 0 atom stereocenters. The zero-order valence-electron chi connectivity index (χ0n) is 6.30. The summed E-state index contributed by atoms with van der Waals surface area (Å²) in [4.78, 5) is 15.1. The van der Waals surface area contributed by atoms with Gasteiger partial charge >= 0.3 is 5.97 Å². The molecule has 4 nitrogen and oxygen atoms in total. The zero-order valence-corrected chi connectivity index (χ0v) is 7.93. The van der Waals surface area contributed by atoms with Gasteiger partial charge < -0.3 is 5.11 Å². The second kappa shape index (κ2) is 3.23. The van der Waals surface area contributed by atoms with Crippen LogP contribution in [0.5, 0.6) is 0 Å². The van der Waals surface area contributed by atoms with Crippen LogP contribution in [0.3, 0.4) is 0 Å². The summed E-state index contributed by atoms with van der Waals surface area (Å²) in [6.45, 7) is 0. The molecule has 0 saturated carbocycles. The Labute approximate surface area is 81.7 Å². The van der Waals surface area contributed by atoms with Crippen LogP contribution in [-0.4, -0.2) is 20.4 Å². The van der Waals surface area contributed by atoms with Crippen molar-refractivity contribution in [2.45, 2.75) is 0 Å². The number of thiazole rings is 1. The van der Waals surface area contributed by atoms with Crippen LogP contribution in [0.25, 0.3) is 10.4 Å². The molecule has 2 heterocycles. The van der Waals surface area contributed by atoms with Crippen molar-refractivity contribution in [1.29, 1.82) is 0 Å². The van der Waals surface area contributed by atoms with Gasteiger partial charge in [0.05, 0.1) is 10.4 Å². The van der Waals surface area contributed by atoms with E-state index in [0.29, 0.717) is 4.88 Å². The minimum absolute atomic E-state index is 0.102. The monoisotopic (exact) mass is 212 g/mol. The smallest absolute Gasteiger partial charge is 0.356 e. The Balaban J connectivity index is 2.52. The van der Waals surface area contributed by atoms with Crippen molar-refractivity contribution in [1.82, 2.24) is 9.36 Å². The van der Waals surface area contributed by atoms with Gasteiger partial charge in [-0.25, -0.2) is 14.2 Å². The van der Waals surface area contributed by atoms with E-state index >= 15 is 0 Å². The van der Waals surface area contributed by atoms with E-state index in [1.165, 1.54) is 28.4 Å². The fraction of sp³-hybridized carbons (Fsp3) is 0. The van der Waals surface area contributed by atoms with E-state index in [2.05, 4.69) is 9.36 Å².